The van der Waals surface area contributed by atoms with Crippen molar-refractivity contribution in [1.29, 1.82) is 0 Å². The maximum absolute atomic E-state index is 4.49. The Balaban J connectivity index is 1.28. The minimum atomic E-state index is -0.292. The van der Waals surface area contributed by atoms with Crippen molar-refractivity contribution < 1.29 is 0 Å². The first-order valence-electron chi connectivity index (χ1n) is 20.0. The van der Waals surface area contributed by atoms with E-state index >= 15 is 0 Å². The van der Waals surface area contributed by atoms with Crippen molar-refractivity contribution in [1.82, 2.24) is 0 Å². The molecule has 8 rings (SSSR count). The molecule has 0 bridgehead atoms. The molecular formula is C44H58N2P2. The van der Waals surface area contributed by atoms with Crippen molar-refractivity contribution in [2.24, 2.45) is 0 Å². The molecule has 0 amide bonds. The highest BCUT2D eigenvalue weighted by Crippen LogP contribution is 2.59. The molecule has 0 atom stereocenters. The summed E-state index contributed by atoms with van der Waals surface area (Å²) in [6.45, 7) is 0. The van der Waals surface area contributed by atoms with Gasteiger partial charge in [0.2, 0.25) is 0 Å². The number of fused-ring (bicyclic) bond motifs is 2. The van der Waals surface area contributed by atoms with Gasteiger partial charge in [-0.25, -0.2) is 0 Å². The molecule has 48 heavy (non-hydrogen) atoms. The Morgan fingerprint density at radius 1 is 0.354 bits per heavy atom. The molecule has 0 saturated heterocycles. The molecule has 0 aromatic heterocycles. The molecule has 0 aliphatic heterocycles. The summed E-state index contributed by atoms with van der Waals surface area (Å²) in [6.07, 6.45) is 28.5. The minimum absolute atomic E-state index is 0.292. The monoisotopic (exact) mass is 676 g/mol. The Hall–Kier alpha value is -2.14. The number of hydrogen-bond donors (Lipinski definition) is 2. The molecule has 4 heteroatoms. The molecule has 0 spiro atoms. The van der Waals surface area contributed by atoms with Crippen LogP contribution in [0.4, 0.5) is 11.4 Å². The highest BCUT2D eigenvalue weighted by Gasteiger charge is 2.34. The largest absolute Gasteiger partial charge is 0.363 e. The van der Waals surface area contributed by atoms with E-state index in [4.69, 9.17) is 0 Å². The zero-order valence-corrected chi connectivity index (χ0v) is 31.1. The van der Waals surface area contributed by atoms with Crippen molar-refractivity contribution in [2.75, 3.05) is 10.2 Å². The second kappa shape index (κ2) is 15.8. The van der Waals surface area contributed by atoms with Crippen LogP contribution in [0.5, 0.6) is 0 Å². The van der Waals surface area contributed by atoms with Crippen LogP contribution in [-0.4, -0.2) is 22.6 Å². The second-order valence-corrected chi connectivity index (χ2v) is 20.6. The quantitative estimate of drug-likeness (QED) is 0.172. The Kier molecular flexibility index (Phi) is 10.9. The minimum Gasteiger partial charge on any atom is -0.363 e. The van der Waals surface area contributed by atoms with Gasteiger partial charge < -0.3 is 10.2 Å². The first-order chi connectivity index (χ1) is 23.8. The van der Waals surface area contributed by atoms with Crippen LogP contribution in [0.3, 0.4) is 0 Å². The molecule has 4 aromatic carbocycles. The topological polar surface area (TPSA) is 24.1 Å². The fourth-order valence-electron chi connectivity index (χ4n) is 9.94. The molecule has 2 N–H and O–H groups in total. The van der Waals surface area contributed by atoms with Gasteiger partial charge >= 0.3 is 0 Å². The molecule has 4 aliphatic carbocycles. The van der Waals surface area contributed by atoms with Crippen molar-refractivity contribution in [3.8, 4) is 11.1 Å². The van der Waals surface area contributed by atoms with Gasteiger partial charge in [-0.05, 0) is 124 Å². The molecule has 254 valence electrons. The lowest BCUT2D eigenvalue weighted by molar-refractivity contribution is 0.485. The number of anilines is 2. The fourth-order valence-corrected chi connectivity index (χ4v) is 16.5. The van der Waals surface area contributed by atoms with E-state index in [1.54, 1.807) is 0 Å². The van der Waals surface area contributed by atoms with Gasteiger partial charge in [-0.2, -0.15) is 0 Å². The number of nitrogens with one attached hydrogen (secondary N) is 2. The lowest BCUT2D eigenvalue weighted by atomic mass is 9.91. The van der Waals surface area contributed by atoms with E-state index in [1.165, 1.54) is 172 Å². The summed E-state index contributed by atoms with van der Waals surface area (Å²) in [5.74, 6) is 0. The maximum atomic E-state index is 4.49. The molecule has 4 saturated carbocycles. The average Bonchev–Trinajstić information content (AvgIpc) is 3.17. The summed E-state index contributed by atoms with van der Waals surface area (Å²) in [5.41, 5.74) is 9.12. The Morgan fingerprint density at radius 3 is 1.00 bits per heavy atom. The van der Waals surface area contributed by atoms with Gasteiger partial charge in [0.25, 0.3) is 0 Å². The lowest BCUT2D eigenvalue weighted by Gasteiger charge is -2.40. The number of rotatable bonds is 9. The van der Waals surface area contributed by atoms with Gasteiger partial charge in [-0.3, -0.25) is 0 Å². The molecule has 4 aromatic rings. The molecule has 0 radical (unpaired) electrons. The highest BCUT2D eigenvalue weighted by molar-refractivity contribution is 7.61. The first kappa shape index (κ1) is 33.0. The van der Waals surface area contributed by atoms with Gasteiger partial charge in [0, 0.05) is 22.5 Å². The third kappa shape index (κ3) is 7.19. The maximum Gasteiger partial charge on any atom is 0.0459 e. The Labute approximate surface area is 293 Å². The second-order valence-electron chi connectivity index (χ2n) is 15.6. The van der Waals surface area contributed by atoms with Crippen LogP contribution in [-0.2, 0) is 0 Å². The van der Waals surface area contributed by atoms with Crippen molar-refractivity contribution in [3.63, 3.8) is 0 Å². The standard InChI is InChI=1S/C44H58N2P2/c1-5-19-35(20-6-1)47(36-21-7-2-8-22-36)45-41-31-29-33-17-13-15-27-39(33)43(41)44-40-28-16-14-18-34(40)30-32-42(44)46-48(37-23-9-3-10-24-37)38-25-11-4-12-26-38/h13-18,27-32,35-38,45-46H,1-12,19-26H2. The van der Waals surface area contributed by atoms with Crippen LogP contribution in [0.1, 0.15) is 128 Å². The summed E-state index contributed by atoms with van der Waals surface area (Å²) in [6, 6.07) is 28.3. The van der Waals surface area contributed by atoms with Crippen molar-refractivity contribution >= 4 is 49.1 Å². The van der Waals surface area contributed by atoms with Gasteiger partial charge in [0.15, 0.2) is 0 Å². The molecule has 2 nitrogen and oxygen atoms in total. The zero-order chi connectivity index (χ0) is 32.1. The normalized spacial score (nSPS) is 21.0. The smallest absolute Gasteiger partial charge is 0.0459 e. The van der Waals surface area contributed by atoms with E-state index in [1.807, 2.05) is 0 Å². The van der Waals surface area contributed by atoms with Crippen molar-refractivity contribution in [3.05, 3.63) is 72.8 Å². The van der Waals surface area contributed by atoms with Crippen molar-refractivity contribution in [2.45, 2.75) is 151 Å². The molecular weight excluding hydrogens is 618 g/mol. The van der Waals surface area contributed by atoms with Crippen LogP contribution < -0.4 is 10.2 Å². The van der Waals surface area contributed by atoms with E-state index in [9.17, 15) is 0 Å². The number of hydrogen-bond acceptors (Lipinski definition) is 2. The van der Waals surface area contributed by atoms with E-state index in [-0.39, 0.29) is 16.1 Å². The van der Waals surface area contributed by atoms with E-state index in [2.05, 4.69) is 83.0 Å². The van der Waals surface area contributed by atoms with E-state index in [0.717, 1.165) is 22.6 Å². The average molecular weight is 677 g/mol. The van der Waals surface area contributed by atoms with Gasteiger partial charge in [0.05, 0.1) is 0 Å². The predicted molar refractivity (Wildman–Crippen MR) is 215 cm³/mol. The fraction of sp³-hybridized carbons (Fsp3) is 0.545. The van der Waals surface area contributed by atoms with Crippen LogP contribution >= 0.6 is 16.1 Å². The SMILES string of the molecule is c1ccc2c(-c3c(NP(C4CCCCC4)C4CCCCC4)ccc4ccccc34)c(NP(C3CCCCC3)C3CCCCC3)ccc2c1. The van der Waals surface area contributed by atoms with Crippen LogP contribution in [0.2, 0.25) is 0 Å². The van der Waals surface area contributed by atoms with Crippen LogP contribution in [0.15, 0.2) is 72.8 Å². The molecule has 4 aliphatic rings. The van der Waals surface area contributed by atoms with Gasteiger partial charge in [-0.1, -0.05) is 138 Å². The summed E-state index contributed by atoms with van der Waals surface area (Å²) < 4.78 is 0. The third-order valence-corrected chi connectivity index (χ3v) is 18.7. The van der Waals surface area contributed by atoms with E-state index < -0.39 is 0 Å². The molecule has 0 unspecified atom stereocenters. The molecule has 4 fully saturated rings. The van der Waals surface area contributed by atoms with Gasteiger partial charge in [-0.15, -0.1) is 0 Å². The number of benzene rings is 4. The first-order valence-corrected chi connectivity index (χ1v) is 22.9. The van der Waals surface area contributed by atoms with Crippen LogP contribution in [0.25, 0.3) is 32.7 Å². The summed E-state index contributed by atoms with van der Waals surface area (Å²) >= 11 is 0. The zero-order valence-electron chi connectivity index (χ0n) is 29.3. The Bertz CT molecular complexity index is 1480. The van der Waals surface area contributed by atoms with E-state index in [0.29, 0.717) is 0 Å². The summed E-state index contributed by atoms with van der Waals surface area (Å²) in [7, 11) is -0.583. The van der Waals surface area contributed by atoms with Crippen LogP contribution in [0, 0.1) is 0 Å². The molecule has 0 heterocycles. The predicted octanol–water partition coefficient (Wildman–Crippen LogP) is 14.6. The third-order valence-electron chi connectivity index (χ3n) is 12.5. The summed E-state index contributed by atoms with van der Waals surface area (Å²) in [4.78, 5) is 0. The Morgan fingerprint density at radius 2 is 0.667 bits per heavy atom. The summed E-state index contributed by atoms with van der Waals surface area (Å²) in [5, 5.41) is 14.5. The lowest BCUT2D eigenvalue weighted by Crippen LogP contribution is -2.24. The highest BCUT2D eigenvalue weighted by atomic mass is 31.1. The van der Waals surface area contributed by atoms with Gasteiger partial charge in [0.1, 0.15) is 0 Å².